The van der Waals surface area contributed by atoms with Crippen LogP contribution in [0.4, 0.5) is 4.79 Å². The van der Waals surface area contributed by atoms with Gasteiger partial charge in [-0.25, -0.2) is 4.79 Å². The number of piperazine rings is 1. The first-order valence-corrected chi connectivity index (χ1v) is 9.52. The van der Waals surface area contributed by atoms with E-state index in [1.807, 2.05) is 13.0 Å². The van der Waals surface area contributed by atoms with E-state index >= 15 is 0 Å². The van der Waals surface area contributed by atoms with Gasteiger partial charge in [-0.05, 0) is 55.7 Å². The lowest BCUT2D eigenvalue weighted by atomic mass is 10.1. The van der Waals surface area contributed by atoms with Crippen LogP contribution in [0.3, 0.4) is 0 Å². The van der Waals surface area contributed by atoms with Gasteiger partial charge in [0.1, 0.15) is 12.4 Å². The number of hydrogen-bond acceptors (Lipinski definition) is 4. The van der Waals surface area contributed by atoms with Gasteiger partial charge in [-0.2, -0.15) is 0 Å². The third kappa shape index (κ3) is 4.65. The number of hydrogen-bond donors (Lipinski definition) is 1. The number of ether oxygens (including phenoxy) is 1. The molecule has 2 aromatic rings. The smallest absolute Gasteiger partial charge is 0.317 e. The molecule has 7 nitrogen and oxygen atoms in total. The van der Waals surface area contributed by atoms with Crippen LogP contribution in [0.2, 0.25) is 0 Å². The number of urea groups is 1. The van der Waals surface area contributed by atoms with E-state index in [9.17, 15) is 9.59 Å². The summed E-state index contributed by atoms with van der Waals surface area (Å²) in [7, 11) is 0. The van der Waals surface area contributed by atoms with Crippen LogP contribution in [0.5, 0.6) is 5.75 Å². The molecule has 3 amide bonds. The first-order chi connectivity index (χ1) is 13.5. The van der Waals surface area contributed by atoms with Gasteiger partial charge in [0.2, 0.25) is 0 Å². The molecule has 1 aliphatic heterocycles. The third-order valence-electron chi connectivity index (χ3n) is 5.01. The molecule has 0 bridgehead atoms. The summed E-state index contributed by atoms with van der Waals surface area (Å²) in [5, 5.41) is 2.88. The van der Waals surface area contributed by atoms with Crippen molar-refractivity contribution in [2.75, 3.05) is 39.3 Å². The number of amides is 3. The monoisotopic (exact) mass is 385 g/mol. The standard InChI is InChI=1S/C21H27N3O4/c1-15-13-17(3)19(14-16(15)2)28-12-6-22-21(26)24-9-7-23(8-10-24)20(25)18-5-4-11-27-18/h4-5,11,13-14H,6-10,12H2,1-3H3,(H,22,26). The Morgan fingerprint density at radius 1 is 1.04 bits per heavy atom. The molecular formula is C21H27N3O4. The van der Waals surface area contributed by atoms with Crippen molar-refractivity contribution in [2.45, 2.75) is 20.8 Å². The minimum Gasteiger partial charge on any atom is -0.491 e. The normalized spacial score (nSPS) is 14.1. The van der Waals surface area contributed by atoms with Crippen LogP contribution in [0, 0.1) is 20.8 Å². The zero-order valence-electron chi connectivity index (χ0n) is 16.7. The van der Waals surface area contributed by atoms with Crippen LogP contribution in [0.1, 0.15) is 27.2 Å². The molecule has 1 aliphatic rings. The van der Waals surface area contributed by atoms with E-state index in [1.54, 1.807) is 21.9 Å². The van der Waals surface area contributed by atoms with E-state index in [2.05, 4.69) is 25.2 Å². The van der Waals surface area contributed by atoms with Crippen molar-refractivity contribution in [1.29, 1.82) is 0 Å². The fourth-order valence-corrected chi connectivity index (χ4v) is 3.19. The van der Waals surface area contributed by atoms with E-state index in [1.165, 1.54) is 17.4 Å². The van der Waals surface area contributed by atoms with Gasteiger partial charge in [-0.3, -0.25) is 4.79 Å². The number of benzene rings is 1. The second-order valence-corrected chi connectivity index (χ2v) is 7.04. The molecule has 1 aromatic heterocycles. The molecule has 1 saturated heterocycles. The van der Waals surface area contributed by atoms with Crippen LogP contribution in [0.15, 0.2) is 34.9 Å². The highest BCUT2D eigenvalue weighted by molar-refractivity contribution is 5.91. The van der Waals surface area contributed by atoms with Gasteiger partial charge < -0.3 is 24.3 Å². The summed E-state index contributed by atoms with van der Waals surface area (Å²) in [6.07, 6.45) is 1.48. The SMILES string of the molecule is Cc1cc(C)c(OCCNC(=O)N2CCN(C(=O)c3ccco3)CC2)cc1C. The van der Waals surface area contributed by atoms with Crippen LogP contribution < -0.4 is 10.1 Å². The Kier molecular flexibility index (Phi) is 6.23. The fraction of sp³-hybridized carbons (Fsp3) is 0.429. The second-order valence-electron chi connectivity index (χ2n) is 7.04. The summed E-state index contributed by atoms with van der Waals surface area (Å²) in [4.78, 5) is 28.0. The van der Waals surface area contributed by atoms with Gasteiger partial charge in [0.15, 0.2) is 5.76 Å². The molecule has 2 heterocycles. The Morgan fingerprint density at radius 3 is 2.39 bits per heavy atom. The summed E-state index contributed by atoms with van der Waals surface area (Å²) in [6.45, 7) is 8.96. The maximum absolute atomic E-state index is 12.3. The Morgan fingerprint density at radius 2 is 1.71 bits per heavy atom. The average molecular weight is 385 g/mol. The van der Waals surface area contributed by atoms with Gasteiger partial charge in [0.05, 0.1) is 12.8 Å². The van der Waals surface area contributed by atoms with Crippen LogP contribution in [0.25, 0.3) is 0 Å². The van der Waals surface area contributed by atoms with E-state index < -0.39 is 0 Å². The van der Waals surface area contributed by atoms with Crippen molar-refractivity contribution in [3.05, 3.63) is 53.0 Å². The van der Waals surface area contributed by atoms with E-state index in [0.717, 1.165) is 11.3 Å². The number of rotatable bonds is 5. The van der Waals surface area contributed by atoms with Gasteiger partial charge in [0, 0.05) is 26.2 Å². The van der Waals surface area contributed by atoms with Gasteiger partial charge in [-0.1, -0.05) is 6.07 Å². The van der Waals surface area contributed by atoms with Crippen LogP contribution in [-0.2, 0) is 0 Å². The average Bonchev–Trinajstić information content (AvgIpc) is 3.23. The maximum atomic E-state index is 12.3. The highest BCUT2D eigenvalue weighted by Gasteiger charge is 2.25. The molecule has 150 valence electrons. The number of aryl methyl sites for hydroxylation is 3. The van der Waals surface area contributed by atoms with Crippen molar-refractivity contribution in [1.82, 2.24) is 15.1 Å². The summed E-state index contributed by atoms with van der Waals surface area (Å²) >= 11 is 0. The molecule has 3 rings (SSSR count). The first-order valence-electron chi connectivity index (χ1n) is 9.52. The molecule has 1 aromatic carbocycles. The maximum Gasteiger partial charge on any atom is 0.317 e. The van der Waals surface area contributed by atoms with E-state index in [0.29, 0.717) is 45.1 Å². The Balaban J connectivity index is 1.39. The van der Waals surface area contributed by atoms with Crippen molar-refractivity contribution in [3.63, 3.8) is 0 Å². The largest absolute Gasteiger partial charge is 0.491 e. The van der Waals surface area contributed by atoms with Crippen molar-refractivity contribution in [3.8, 4) is 5.75 Å². The minimum atomic E-state index is -0.137. The number of nitrogens with zero attached hydrogens (tertiary/aromatic N) is 2. The fourth-order valence-electron chi connectivity index (χ4n) is 3.19. The molecular weight excluding hydrogens is 358 g/mol. The Hall–Kier alpha value is -2.96. The zero-order chi connectivity index (χ0) is 20.1. The summed E-state index contributed by atoms with van der Waals surface area (Å²) in [5.41, 5.74) is 3.51. The van der Waals surface area contributed by atoms with Crippen molar-refractivity contribution >= 4 is 11.9 Å². The number of furan rings is 1. The van der Waals surface area contributed by atoms with Gasteiger partial charge in [-0.15, -0.1) is 0 Å². The number of carbonyl (C=O) groups excluding carboxylic acids is 2. The molecule has 0 radical (unpaired) electrons. The molecule has 1 N–H and O–H groups in total. The molecule has 7 heteroatoms. The van der Waals surface area contributed by atoms with Crippen LogP contribution >= 0.6 is 0 Å². The molecule has 0 saturated carbocycles. The first kappa shape index (κ1) is 19.8. The highest BCUT2D eigenvalue weighted by atomic mass is 16.5. The lowest BCUT2D eigenvalue weighted by Crippen LogP contribution is -2.53. The minimum absolute atomic E-state index is 0.134. The molecule has 0 unspecified atom stereocenters. The summed E-state index contributed by atoms with van der Waals surface area (Å²) in [6, 6.07) is 7.34. The van der Waals surface area contributed by atoms with E-state index in [-0.39, 0.29) is 11.9 Å². The number of carbonyl (C=O) groups is 2. The third-order valence-corrected chi connectivity index (χ3v) is 5.01. The predicted molar refractivity (Wildman–Crippen MR) is 106 cm³/mol. The predicted octanol–water partition coefficient (Wildman–Crippen LogP) is 2.75. The summed E-state index contributed by atoms with van der Waals surface area (Å²) in [5.74, 6) is 1.04. The van der Waals surface area contributed by atoms with Gasteiger partial charge >= 0.3 is 6.03 Å². The molecule has 28 heavy (non-hydrogen) atoms. The highest BCUT2D eigenvalue weighted by Crippen LogP contribution is 2.22. The number of nitrogens with one attached hydrogen (secondary N) is 1. The molecule has 1 fully saturated rings. The zero-order valence-corrected chi connectivity index (χ0v) is 16.7. The van der Waals surface area contributed by atoms with Crippen molar-refractivity contribution in [2.24, 2.45) is 0 Å². The van der Waals surface area contributed by atoms with E-state index in [4.69, 9.17) is 9.15 Å². The summed E-state index contributed by atoms with van der Waals surface area (Å²) < 4.78 is 11.0. The quantitative estimate of drug-likeness (QED) is 0.803. The second kappa shape index (κ2) is 8.82. The molecule has 0 atom stereocenters. The van der Waals surface area contributed by atoms with Crippen LogP contribution in [-0.4, -0.2) is 61.1 Å². The lowest BCUT2D eigenvalue weighted by Gasteiger charge is -2.34. The lowest BCUT2D eigenvalue weighted by molar-refractivity contribution is 0.0634. The van der Waals surface area contributed by atoms with Crippen molar-refractivity contribution < 1.29 is 18.7 Å². The topological polar surface area (TPSA) is 75.0 Å². The van der Waals surface area contributed by atoms with Gasteiger partial charge in [0.25, 0.3) is 5.91 Å². The molecule has 0 aliphatic carbocycles. The molecule has 0 spiro atoms. The Labute approximate surface area is 165 Å². The Bertz CT molecular complexity index is 824.